The van der Waals surface area contributed by atoms with Crippen LogP contribution >= 0.6 is 0 Å². The van der Waals surface area contributed by atoms with Crippen LogP contribution in [0.5, 0.6) is 0 Å². The summed E-state index contributed by atoms with van der Waals surface area (Å²) in [4.78, 5) is 3.93. The highest BCUT2D eigenvalue weighted by Gasteiger charge is 2.31. The van der Waals surface area contributed by atoms with E-state index in [0.29, 0.717) is 0 Å². The van der Waals surface area contributed by atoms with Crippen molar-refractivity contribution in [1.29, 1.82) is 0 Å². The average molecular weight is 320 g/mol. The molecule has 0 saturated heterocycles. The Morgan fingerprint density at radius 3 is 2.35 bits per heavy atom. The van der Waals surface area contributed by atoms with Gasteiger partial charge in [-0.15, -0.1) is 0 Å². The molecule has 23 heavy (non-hydrogen) atoms. The quantitative estimate of drug-likeness (QED) is 0.417. The minimum absolute atomic E-state index is 0.142. The molecule has 1 N–H and O–H groups in total. The summed E-state index contributed by atoms with van der Waals surface area (Å²) in [7, 11) is -1.72. The fourth-order valence-electron chi connectivity index (χ4n) is 4.42. The van der Waals surface area contributed by atoms with Gasteiger partial charge in [0.1, 0.15) is 0 Å². The number of rotatable bonds is 2. The molecule has 0 atom stereocenters. The molecule has 0 fully saturated rings. The van der Waals surface area contributed by atoms with Crippen LogP contribution in [0.2, 0.25) is 13.1 Å². The Morgan fingerprint density at radius 1 is 0.870 bits per heavy atom. The zero-order chi connectivity index (χ0) is 16.4. The van der Waals surface area contributed by atoms with E-state index < -0.39 is 8.24 Å². The molecule has 1 nitrogen and oxygen atoms in total. The van der Waals surface area contributed by atoms with Crippen molar-refractivity contribution < 1.29 is 0 Å². The van der Waals surface area contributed by atoms with E-state index in [2.05, 4.69) is 81.3 Å². The molecule has 1 aliphatic carbocycles. The van der Waals surface area contributed by atoms with Gasteiger partial charge >= 0.3 is 0 Å². The molecule has 0 radical (unpaired) electrons. The van der Waals surface area contributed by atoms with Crippen molar-refractivity contribution in [3.8, 4) is 0 Å². The summed E-state index contributed by atoms with van der Waals surface area (Å²) in [6.07, 6.45) is 1.09. The van der Waals surface area contributed by atoms with Gasteiger partial charge < -0.3 is 4.98 Å². The largest absolute Gasteiger partial charge is 0.329 e. The van der Waals surface area contributed by atoms with Crippen LogP contribution in [0.15, 0.2) is 42.5 Å². The first-order valence-electron chi connectivity index (χ1n) is 8.52. The van der Waals surface area contributed by atoms with Gasteiger partial charge in [0.05, 0.1) is 0 Å². The van der Waals surface area contributed by atoms with Crippen molar-refractivity contribution in [2.75, 3.05) is 0 Å². The van der Waals surface area contributed by atoms with Crippen LogP contribution in [-0.2, 0) is 6.42 Å². The third-order valence-electron chi connectivity index (χ3n) is 4.94. The molecule has 4 rings (SSSR count). The third-order valence-corrected chi connectivity index (χ3v) is 8.09. The van der Waals surface area contributed by atoms with E-state index in [-0.39, 0.29) is 5.54 Å². The SMILES string of the molecule is CC(C)(C)N[Si](C)(C)c1ccc2c3c1ccc1cccc(c13)C2. The topological polar surface area (TPSA) is 12.0 Å². The number of nitrogens with one attached hydrogen (secondary N) is 1. The van der Waals surface area contributed by atoms with Crippen molar-refractivity contribution in [1.82, 2.24) is 4.98 Å². The van der Waals surface area contributed by atoms with Crippen LogP contribution < -0.4 is 10.2 Å². The van der Waals surface area contributed by atoms with E-state index in [9.17, 15) is 0 Å². The van der Waals surface area contributed by atoms with Crippen molar-refractivity contribution >= 4 is 35.0 Å². The Kier molecular flexibility index (Phi) is 3.04. The average Bonchev–Trinajstić information content (AvgIpc) is 2.82. The van der Waals surface area contributed by atoms with Gasteiger partial charge in [0.15, 0.2) is 8.24 Å². The molecule has 0 spiro atoms. The molecule has 0 unspecified atom stereocenters. The van der Waals surface area contributed by atoms with Gasteiger partial charge in [-0.2, -0.15) is 0 Å². The second kappa shape index (κ2) is 4.68. The van der Waals surface area contributed by atoms with Crippen molar-refractivity contribution in [2.24, 2.45) is 0 Å². The van der Waals surface area contributed by atoms with E-state index in [0.717, 1.165) is 6.42 Å². The first-order chi connectivity index (χ1) is 10.8. The van der Waals surface area contributed by atoms with Gasteiger partial charge in [-0.1, -0.05) is 55.6 Å². The van der Waals surface area contributed by atoms with Gasteiger partial charge in [0.25, 0.3) is 0 Å². The minimum atomic E-state index is -1.72. The van der Waals surface area contributed by atoms with Crippen LogP contribution in [0, 0.1) is 0 Å². The second-order valence-electron chi connectivity index (χ2n) is 8.45. The lowest BCUT2D eigenvalue weighted by Crippen LogP contribution is -2.61. The molecule has 2 heteroatoms. The maximum atomic E-state index is 3.93. The fourth-order valence-corrected chi connectivity index (χ4v) is 7.81. The summed E-state index contributed by atoms with van der Waals surface area (Å²) < 4.78 is 0. The normalized spacial score (nSPS) is 14.3. The molecule has 0 heterocycles. The molecular formula is C21H25NSi. The van der Waals surface area contributed by atoms with Gasteiger partial charge in [0, 0.05) is 5.54 Å². The summed E-state index contributed by atoms with van der Waals surface area (Å²) in [6, 6.07) is 16.1. The molecule has 3 aromatic carbocycles. The molecule has 0 amide bonds. The smallest absolute Gasteiger partial charge is 0.152 e. The summed E-state index contributed by atoms with van der Waals surface area (Å²) in [5.41, 5.74) is 3.13. The lowest BCUT2D eigenvalue weighted by atomic mass is 10.0. The van der Waals surface area contributed by atoms with Crippen LogP contribution in [0.3, 0.4) is 0 Å². The van der Waals surface area contributed by atoms with Gasteiger partial charge in [-0.25, -0.2) is 0 Å². The van der Waals surface area contributed by atoms with Gasteiger partial charge in [-0.3, -0.25) is 0 Å². The molecule has 3 aromatic rings. The molecule has 0 bridgehead atoms. The first-order valence-corrected chi connectivity index (χ1v) is 11.5. The van der Waals surface area contributed by atoms with E-state index in [4.69, 9.17) is 0 Å². The number of hydrogen-bond acceptors (Lipinski definition) is 1. The standard InChI is InChI=1S/C21H25NSi/c1-21(2,3)22-23(4,5)18-12-10-16-13-15-8-6-7-14-9-11-17(18)20(16)19(14)15/h6-12,22H,13H2,1-5H3. The Labute approximate surface area is 139 Å². The lowest BCUT2D eigenvalue weighted by molar-refractivity contribution is 0.515. The number of benzene rings is 3. The van der Waals surface area contributed by atoms with Crippen molar-refractivity contribution in [2.45, 2.75) is 45.8 Å². The maximum Gasteiger partial charge on any atom is 0.152 e. The predicted octanol–water partition coefficient (Wildman–Crippen LogP) is 4.70. The lowest BCUT2D eigenvalue weighted by Gasteiger charge is -2.34. The molecular weight excluding hydrogens is 294 g/mol. The Bertz CT molecular complexity index is 932. The summed E-state index contributed by atoms with van der Waals surface area (Å²) in [5.74, 6) is 0. The maximum absolute atomic E-state index is 3.93. The van der Waals surface area contributed by atoms with E-state index in [1.807, 2.05) is 0 Å². The highest BCUT2D eigenvalue weighted by Crippen LogP contribution is 2.37. The van der Waals surface area contributed by atoms with E-state index in [1.165, 1.54) is 37.9 Å². The van der Waals surface area contributed by atoms with Crippen molar-refractivity contribution in [3.63, 3.8) is 0 Å². The predicted molar refractivity (Wildman–Crippen MR) is 104 cm³/mol. The van der Waals surface area contributed by atoms with Gasteiger partial charge in [-0.05, 0) is 65.1 Å². The van der Waals surface area contributed by atoms with Crippen LogP contribution in [-0.4, -0.2) is 13.8 Å². The summed E-state index contributed by atoms with van der Waals surface area (Å²) in [6.45, 7) is 11.7. The molecule has 1 aliphatic rings. The highest BCUT2D eigenvalue weighted by atomic mass is 28.3. The van der Waals surface area contributed by atoms with Crippen LogP contribution in [0.1, 0.15) is 31.9 Å². The third kappa shape index (κ3) is 2.32. The van der Waals surface area contributed by atoms with Crippen molar-refractivity contribution in [3.05, 3.63) is 53.6 Å². The zero-order valence-electron chi connectivity index (χ0n) is 14.7. The number of hydrogen-bond donors (Lipinski definition) is 1. The monoisotopic (exact) mass is 319 g/mol. The molecule has 0 saturated carbocycles. The Balaban J connectivity index is 2.01. The molecule has 118 valence electrons. The second-order valence-corrected chi connectivity index (χ2v) is 12.5. The van der Waals surface area contributed by atoms with E-state index in [1.54, 1.807) is 0 Å². The first kappa shape index (κ1) is 14.9. The fraction of sp³-hybridized carbons (Fsp3) is 0.333. The van der Waals surface area contributed by atoms with Crippen LogP contribution in [0.4, 0.5) is 0 Å². The Morgan fingerprint density at radius 2 is 1.61 bits per heavy atom. The zero-order valence-corrected chi connectivity index (χ0v) is 15.7. The Hall–Kier alpha value is -1.64. The molecule has 0 aromatic heterocycles. The summed E-state index contributed by atoms with van der Waals surface area (Å²) >= 11 is 0. The van der Waals surface area contributed by atoms with Gasteiger partial charge in [0.2, 0.25) is 0 Å². The molecule has 0 aliphatic heterocycles. The van der Waals surface area contributed by atoms with Crippen LogP contribution in [0.25, 0.3) is 21.5 Å². The summed E-state index contributed by atoms with van der Waals surface area (Å²) in [5, 5.41) is 7.38. The minimum Gasteiger partial charge on any atom is -0.329 e. The van der Waals surface area contributed by atoms with E-state index >= 15 is 0 Å². The highest BCUT2D eigenvalue weighted by molar-refractivity contribution is 6.89.